The van der Waals surface area contributed by atoms with Gasteiger partial charge in [-0.2, -0.15) is 0 Å². The van der Waals surface area contributed by atoms with Gasteiger partial charge in [-0.3, -0.25) is 14.5 Å². The van der Waals surface area contributed by atoms with E-state index in [-0.39, 0.29) is 24.3 Å². The highest BCUT2D eigenvalue weighted by Gasteiger charge is 2.27. The molecule has 0 aromatic heterocycles. The zero-order valence-corrected chi connectivity index (χ0v) is 20.2. The topological polar surface area (TPSA) is 70.7 Å². The summed E-state index contributed by atoms with van der Waals surface area (Å²) in [6.45, 7) is 2.48. The third-order valence-electron chi connectivity index (χ3n) is 6.50. The lowest BCUT2D eigenvalue weighted by Crippen LogP contribution is -2.39. The largest absolute Gasteiger partial charge is 0.496 e. The van der Waals surface area contributed by atoms with Gasteiger partial charge in [0.1, 0.15) is 5.75 Å². The lowest BCUT2D eigenvalue weighted by Gasteiger charge is -2.29. The molecule has 0 saturated carbocycles. The van der Waals surface area contributed by atoms with Crippen molar-refractivity contribution in [1.82, 2.24) is 15.5 Å². The zero-order valence-electron chi connectivity index (χ0n) is 20.2. The molecule has 2 atom stereocenters. The van der Waals surface area contributed by atoms with Gasteiger partial charge in [0.25, 0.3) is 5.91 Å². The maximum absolute atomic E-state index is 13.1. The number of carbonyl (C=O) groups is 2. The van der Waals surface area contributed by atoms with Crippen LogP contribution in [0.15, 0.2) is 84.9 Å². The van der Waals surface area contributed by atoms with Gasteiger partial charge in [-0.05, 0) is 49.7 Å². The summed E-state index contributed by atoms with van der Waals surface area (Å²) in [5, 5.41) is 6.18. The minimum absolute atomic E-state index is 0.0340. The second-order valence-corrected chi connectivity index (χ2v) is 8.81. The van der Waals surface area contributed by atoms with Crippen LogP contribution in [0.4, 0.5) is 0 Å². The van der Waals surface area contributed by atoms with Crippen molar-refractivity contribution in [3.63, 3.8) is 0 Å². The van der Waals surface area contributed by atoms with E-state index in [0.717, 1.165) is 42.8 Å². The van der Waals surface area contributed by atoms with Crippen LogP contribution < -0.4 is 15.4 Å². The summed E-state index contributed by atoms with van der Waals surface area (Å²) in [5.41, 5.74) is 2.54. The van der Waals surface area contributed by atoms with Crippen LogP contribution in [-0.2, 0) is 4.79 Å². The minimum Gasteiger partial charge on any atom is -0.496 e. The van der Waals surface area contributed by atoms with Gasteiger partial charge in [-0.15, -0.1) is 0 Å². The molecule has 182 valence electrons. The SMILES string of the molecule is COc1ccccc1C(CNC(=O)CC(NC(=O)c1ccccc1)c1ccccc1)N1CCCC1. The van der Waals surface area contributed by atoms with E-state index in [1.165, 1.54) is 0 Å². The fraction of sp³-hybridized carbons (Fsp3) is 0.310. The van der Waals surface area contributed by atoms with Crippen LogP contribution in [-0.4, -0.2) is 43.5 Å². The molecule has 6 nitrogen and oxygen atoms in total. The van der Waals surface area contributed by atoms with Crippen molar-refractivity contribution in [3.8, 4) is 5.75 Å². The highest BCUT2D eigenvalue weighted by molar-refractivity contribution is 5.94. The Kier molecular flexibility index (Phi) is 8.52. The van der Waals surface area contributed by atoms with Gasteiger partial charge >= 0.3 is 0 Å². The molecule has 3 aromatic carbocycles. The smallest absolute Gasteiger partial charge is 0.251 e. The van der Waals surface area contributed by atoms with Crippen LogP contribution in [0.25, 0.3) is 0 Å². The van der Waals surface area contributed by atoms with Crippen molar-refractivity contribution in [2.75, 3.05) is 26.7 Å². The molecule has 6 heteroatoms. The molecule has 0 bridgehead atoms. The van der Waals surface area contributed by atoms with Gasteiger partial charge in [0.2, 0.25) is 5.91 Å². The fourth-order valence-electron chi connectivity index (χ4n) is 4.67. The molecular weight excluding hydrogens is 438 g/mol. The van der Waals surface area contributed by atoms with Crippen LogP contribution in [0.1, 0.15) is 52.8 Å². The summed E-state index contributed by atoms with van der Waals surface area (Å²) in [7, 11) is 1.68. The Morgan fingerprint density at radius 2 is 1.51 bits per heavy atom. The first-order valence-electron chi connectivity index (χ1n) is 12.2. The van der Waals surface area contributed by atoms with E-state index >= 15 is 0 Å². The predicted octanol–water partition coefficient (Wildman–Crippen LogP) is 4.51. The van der Waals surface area contributed by atoms with E-state index in [1.54, 1.807) is 19.2 Å². The number of nitrogens with one attached hydrogen (secondary N) is 2. The highest BCUT2D eigenvalue weighted by Crippen LogP contribution is 2.31. The van der Waals surface area contributed by atoms with E-state index in [1.807, 2.05) is 66.7 Å². The number of ether oxygens (including phenoxy) is 1. The van der Waals surface area contributed by atoms with Gasteiger partial charge in [0, 0.05) is 17.7 Å². The van der Waals surface area contributed by atoms with Gasteiger partial charge < -0.3 is 15.4 Å². The number of hydrogen-bond acceptors (Lipinski definition) is 4. The summed E-state index contributed by atoms with van der Waals surface area (Å²) >= 11 is 0. The average molecular weight is 472 g/mol. The van der Waals surface area contributed by atoms with E-state index in [4.69, 9.17) is 4.74 Å². The molecule has 3 aromatic rings. The lowest BCUT2D eigenvalue weighted by atomic mass is 10.0. The molecule has 2 N–H and O–H groups in total. The Morgan fingerprint density at radius 1 is 0.886 bits per heavy atom. The van der Waals surface area contributed by atoms with Gasteiger partial charge in [-0.1, -0.05) is 66.7 Å². The molecule has 4 rings (SSSR count). The second kappa shape index (κ2) is 12.2. The monoisotopic (exact) mass is 471 g/mol. The number of benzene rings is 3. The molecule has 1 aliphatic rings. The van der Waals surface area contributed by atoms with Crippen LogP contribution in [0.3, 0.4) is 0 Å². The highest BCUT2D eigenvalue weighted by atomic mass is 16.5. The molecule has 0 radical (unpaired) electrons. The van der Waals surface area contributed by atoms with Crippen molar-refractivity contribution in [3.05, 3.63) is 102 Å². The summed E-state index contributed by atoms with van der Waals surface area (Å²) in [5.74, 6) is 0.526. The van der Waals surface area contributed by atoms with Gasteiger partial charge in [-0.25, -0.2) is 0 Å². The molecule has 1 heterocycles. The maximum Gasteiger partial charge on any atom is 0.251 e. The van der Waals surface area contributed by atoms with Crippen LogP contribution in [0, 0.1) is 0 Å². The molecule has 1 aliphatic heterocycles. The summed E-state index contributed by atoms with van der Waals surface area (Å²) in [6.07, 6.45) is 2.46. The number of hydrogen-bond donors (Lipinski definition) is 2. The number of amides is 2. The Balaban J connectivity index is 1.46. The van der Waals surface area contributed by atoms with Crippen LogP contribution in [0.2, 0.25) is 0 Å². The van der Waals surface area contributed by atoms with E-state index in [0.29, 0.717) is 12.1 Å². The first-order chi connectivity index (χ1) is 17.2. The minimum atomic E-state index is -0.430. The Bertz CT molecular complexity index is 1100. The Labute approximate surface area is 207 Å². The van der Waals surface area contributed by atoms with Crippen molar-refractivity contribution < 1.29 is 14.3 Å². The van der Waals surface area contributed by atoms with Crippen LogP contribution >= 0.6 is 0 Å². The third kappa shape index (κ3) is 6.49. The lowest BCUT2D eigenvalue weighted by molar-refractivity contribution is -0.121. The van der Waals surface area contributed by atoms with Crippen molar-refractivity contribution in [2.45, 2.75) is 31.3 Å². The van der Waals surface area contributed by atoms with Crippen molar-refractivity contribution in [1.29, 1.82) is 0 Å². The Hall–Kier alpha value is -3.64. The zero-order chi connectivity index (χ0) is 24.5. The summed E-state index contributed by atoms with van der Waals surface area (Å²) < 4.78 is 5.61. The third-order valence-corrected chi connectivity index (χ3v) is 6.50. The van der Waals surface area contributed by atoms with Gasteiger partial charge in [0.05, 0.1) is 25.6 Å². The van der Waals surface area contributed by atoms with E-state index in [9.17, 15) is 9.59 Å². The molecular formula is C29H33N3O3. The van der Waals surface area contributed by atoms with Crippen molar-refractivity contribution in [2.24, 2.45) is 0 Å². The second-order valence-electron chi connectivity index (χ2n) is 8.81. The summed E-state index contributed by atoms with van der Waals surface area (Å²) in [6, 6.07) is 26.3. The number of nitrogens with zero attached hydrogens (tertiary/aromatic N) is 1. The standard InChI is InChI=1S/C29H33N3O3/c1-35-27-17-9-8-16-24(27)26(32-18-10-11-19-32)21-30-28(33)20-25(22-12-4-2-5-13-22)31-29(34)23-14-6-3-7-15-23/h2-9,12-17,25-26H,10-11,18-21H2,1H3,(H,30,33)(H,31,34). The molecule has 35 heavy (non-hydrogen) atoms. The van der Waals surface area contributed by atoms with Crippen LogP contribution in [0.5, 0.6) is 5.75 Å². The quantitative estimate of drug-likeness (QED) is 0.457. The maximum atomic E-state index is 13.1. The molecule has 0 aliphatic carbocycles. The average Bonchev–Trinajstić information content (AvgIpc) is 3.44. The number of carbonyl (C=O) groups excluding carboxylic acids is 2. The van der Waals surface area contributed by atoms with E-state index in [2.05, 4.69) is 21.6 Å². The predicted molar refractivity (Wildman–Crippen MR) is 137 cm³/mol. The number of methoxy groups -OCH3 is 1. The molecule has 1 fully saturated rings. The van der Waals surface area contributed by atoms with E-state index < -0.39 is 6.04 Å². The number of para-hydroxylation sites is 1. The van der Waals surface area contributed by atoms with Gasteiger partial charge in [0.15, 0.2) is 0 Å². The molecule has 0 spiro atoms. The normalized spacial score (nSPS) is 15.2. The number of likely N-dealkylation sites (tertiary alicyclic amines) is 1. The molecule has 2 amide bonds. The fourth-order valence-corrected chi connectivity index (χ4v) is 4.67. The van der Waals surface area contributed by atoms with Crippen molar-refractivity contribution >= 4 is 11.8 Å². The molecule has 1 saturated heterocycles. The summed E-state index contributed by atoms with van der Waals surface area (Å²) in [4.78, 5) is 28.4. The first kappa shape index (κ1) is 24.5. The number of rotatable bonds is 10. The molecule has 2 unspecified atom stereocenters. The first-order valence-corrected chi connectivity index (χ1v) is 12.2. The Morgan fingerprint density at radius 3 is 2.20 bits per heavy atom.